The van der Waals surface area contributed by atoms with Gasteiger partial charge in [-0.05, 0) is 44.1 Å². The fraction of sp³-hybridized carbons (Fsp3) is 0.333. The number of pyridine rings is 1. The summed E-state index contributed by atoms with van der Waals surface area (Å²) in [5.41, 5.74) is 0.820. The summed E-state index contributed by atoms with van der Waals surface area (Å²) < 4.78 is 6.61. The first kappa shape index (κ1) is 20.2. The molecule has 1 aromatic heterocycles. The van der Waals surface area contributed by atoms with E-state index < -0.39 is 0 Å². The van der Waals surface area contributed by atoms with E-state index in [9.17, 15) is 9.90 Å². The van der Waals surface area contributed by atoms with Gasteiger partial charge in [0.05, 0.1) is 24.9 Å². The highest BCUT2D eigenvalue weighted by molar-refractivity contribution is 6.01. The summed E-state index contributed by atoms with van der Waals surface area (Å²) in [5.74, 6) is 0.498. The molecule has 0 unspecified atom stereocenters. The highest BCUT2D eigenvalue weighted by atomic mass is 16.5. The molecule has 156 valence electrons. The summed E-state index contributed by atoms with van der Waals surface area (Å²) in [4.78, 5) is 20.3. The van der Waals surface area contributed by atoms with Crippen molar-refractivity contribution < 1.29 is 9.84 Å². The van der Waals surface area contributed by atoms with Gasteiger partial charge in [0, 0.05) is 29.1 Å². The summed E-state index contributed by atoms with van der Waals surface area (Å²) in [7, 11) is 1.57. The smallest absolute Gasteiger partial charge is 0.265 e. The summed E-state index contributed by atoms with van der Waals surface area (Å²) in [6, 6.07) is 14.9. The van der Waals surface area contributed by atoms with Crippen LogP contribution in [0.1, 0.15) is 25.3 Å². The number of fused-ring (bicyclic) bond motifs is 1. The van der Waals surface area contributed by atoms with E-state index in [1.165, 1.54) is 11.0 Å². The second kappa shape index (κ2) is 8.71. The summed E-state index contributed by atoms with van der Waals surface area (Å²) in [6.07, 6.45) is 4.05. The van der Waals surface area contributed by atoms with Gasteiger partial charge in [-0.3, -0.25) is 14.7 Å². The number of likely N-dealkylation sites (tertiary alicyclic amines) is 1. The maximum atomic E-state index is 13.2. The Morgan fingerprint density at radius 3 is 2.77 bits per heavy atom. The number of nitrogens with zero attached hydrogens (tertiary/aromatic N) is 3. The van der Waals surface area contributed by atoms with Crippen molar-refractivity contribution in [3.63, 3.8) is 0 Å². The molecule has 1 atom stereocenters. The van der Waals surface area contributed by atoms with Gasteiger partial charge in [-0.2, -0.15) is 0 Å². The van der Waals surface area contributed by atoms with Crippen LogP contribution >= 0.6 is 0 Å². The largest absolute Gasteiger partial charge is 0.497 e. The van der Waals surface area contributed by atoms with Crippen molar-refractivity contribution in [1.29, 1.82) is 0 Å². The molecule has 2 aromatic carbocycles. The number of ether oxygens (including phenoxy) is 1. The second-order valence-electron chi connectivity index (χ2n) is 7.54. The number of aliphatic imine (C=N–C) groups is 1. The van der Waals surface area contributed by atoms with E-state index >= 15 is 0 Å². The minimum Gasteiger partial charge on any atom is -0.497 e. The normalized spacial score (nSPS) is 17.2. The van der Waals surface area contributed by atoms with Crippen molar-refractivity contribution in [3.8, 4) is 17.3 Å². The maximum absolute atomic E-state index is 13.2. The van der Waals surface area contributed by atoms with E-state index in [4.69, 9.17) is 4.74 Å². The predicted molar refractivity (Wildman–Crippen MR) is 120 cm³/mol. The average molecular weight is 405 g/mol. The van der Waals surface area contributed by atoms with Gasteiger partial charge < -0.3 is 9.84 Å². The number of hydrogen-bond acceptors (Lipinski definition) is 5. The number of aromatic hydroxyl groups is 1. The monoisotopic (exact) mass is 405 g/mol. The molecule has 2 heterocycles. The molecule has 0 aliphatic carbocycles. The Kier molecular flexibility index (Phi) is 5.86. The van der Waals surface area contributed by atoms with Crippen molar-refractivity contribution in [2.45, 2.75) is 25.8 Å². The molecular formula is C24H27N3O3. The number of rotatable bonds is 6. The Hall–Kier alpha value is -3.12. The van der Waals surface area contributed by atoms with Gasteiger partial charge in [0.2, 0.25) is 5.88 Å². The van der Waals surface area contributed by atoms with E-state index in [0.717, 1.165) is 19.5 Å². The first-order valence-corrected chi connectivity index (χ1v) is 10.4. The molecule has 0 amide bonds. The predicted octanol–water partition coefficient (Wildman–Crippen LogP) is 3.61. The molecule has 6 heteroatoms. The summed E-state index contributed by atoms with van der Waals surface area (Å²) >= 11 is 0. The van der Waals surface area contributed by atoms with Crippen LogP contribution in [0.25, 0.3) is 16.5 Å². The minimum absolute atomic E-state index is 0.116. The van der Waals surface area contributed by atoms with Crippen molar-refractivity contribution in [3.05, 3.63) is 64.4 Å². The van der Waals surface area contributed by atoms with E-state index in [2.05, 4.69) is 16.8 Å². The summed E-state index contributed by atoms with van der Waals surface area (Å²) in [5, 5.41) is 12.3. The highest BCUT2D eigenvalue weighted by Crippen LogP contribution is 2.27. The number of aromatic nitrogens is 1. The molecule has 0 saturated carbocycles. The Bertz CT molecular complexity index is 1140. The van der Waals surface area contributed by atoms with E-state index in [1.54, 1.807) is 43.7 Å². The maximum Gasteiger partial charge on any atom is 0.265 e. The SMILES string of the molecule is CCN1CCC[C@@H]1CN=Cc1c(O)n(-c2cccc(OC)c2)c(=O)c2ccccc12. The lowest BCUT2D eigenvalue weighted by molar-refractivity contribution is 0.273. The third-order valence-corrected chi connectivity index (χ3v) is 5.86. The van der Waals surface area contributed by atoms with Gasteiger partial charge in [-0.1, -0.05) is 31.2 Å². The number of hydrogen-bond donors (Lipinski definition) is 1. The van der Waals surface area contributed by atoms with Crippen LogP contribution in [0.5, 0.6) is 11.6 Å². The lowest BCUT2D eigenvalue weighted by atomic mass is 10.1. The summed E-state index contributed by atoms with van der Waals surface area (Å²) in [6.45, 7) is 4.99. The molecule has 0 spiro atoms. The quantitative estimate of drug-likeness (QED) is 0.636. The molecule has 0 radical (unpaired) electrons. The number of likely N-dealkylation sites (N-methyl/N-ethyl adjacent to an activating group) is 1. The molecule has 6 nitrogen and oxygen atoms in total. The van der Waals surface area contributed by atoms with Crippen LogP contribution in [0.3, 0.4) is 0 Å². The van der Waals surface area contributed by atoms with Crippen molar-refractivity contribution in [2.75, 3.05) is 26.7 Å². The topological polar surface area (TPSA) is 67.1 Å². The Morgan fingerprint density at radius 2 is 2.00 bits per heavy atom. The molecule has 0 bridgehead atoms. The van der Waals surface area contributed by atoms with Crippen LogP contribution in [0.15, 0.2) is 58.3 Å². The fourth-order valence-corrected chi connectivity index (χ4v) is 4.26. The Morgan fingerprint density at radius 1 is 1.20 bits per heavy atom. The zero-order valence-electron chi connectivity index (χ0n) is 17.4. The molecule has 1 fully saturated rings. The van der Waals surface area contributed by atoms with Crippen LogP contribution in [-0.2, 0) is 0 Å². The third kappa shape index (κ3) is 3.71. The van der Waals surface area contributed by atoms with Crippen LogP contribution in [0.2, 0.25) is 0 Å². The van der Waals surface area contributed by atoms with Crippen LogP contribution in [0.4, 0.5) is 0 Å². The van der Waals surface area contributed by atoms with Gasteiger partial charge in [0.1, 0.15) is 5.75 Å². The number of benzene rings is 2. The lowest BCUT2D eigenvalue weighted by Crippen LogP contribution is -2.31. The molecule has 4 rings (SSSR count). The fourth-order valence-electron chi connectivity index (χ4n) is 4.26. The Balaban J connectivity index is 1.80. The number of methoxy groups -OCH3 is 1. The molecule has 30 heavy (non-hydrogen) atoms. The van der Waals surface area contributed by atoms with E-state index in [1.807, 2.05) is 18.2 Å². The first-order valence-electron chi connectivity index (χ1n) is 10.4. The van der Waals surface area contributed by atoms with Gasteiger partial charge in [0.25, 0.3) is 5.56 Å². The zero-order chi connectivity index (χ0) is 21.1. The molecule has 3 aromatic rings. The molecular weight excluding hydrogens is 378 g/mol. The molecule has 1 aliphatic heterocycles. The lowest BCUT2D eigenvalue weighted by Gasteiger charge is -2.20. The molecule has 1 saturated heterocycles. The average Bonchev–Trinajstić information content (AvgIpc) is 3.24. The second-order valence-corrected chi connectivity index (χ2v) is 7.54. The van der Waals surface area contributed by atoms with Gasteiger partial charge >= 0.3 is 0 Å². The van der Waals surface area contributed by atoms with Crippen LogP contribution in [-0.4, -0.2) is 53.6 Å². The molecule has 1 aliphatic rings. The van der Waals surface area contributed by atoms with E-state index in [-0.39, 0.29) is 11.4 Å². The zero-order valence-corrected chi connectivity index (χ0v) is 17.4. The third-order valence-electron chi connectivity index (χ3n) is 5.86. The first-order chi connectivity index (χ1) is 14.6. The van der Waals surface area contributed by atoms with Gasteiger partial charge in [0.15, 0.2) is 0 Å². The van der Waals surface area contributed by atoms with Gasteiger partial charge in [-0.15, -0.1) is 0 Å². The van der Waals surface area contributed by atoms with E-state index in [0.29, 0.717) is 40.4 Å². The standard InChI is InChI=1S/C24H27N3O3/c1-3-26-13-7-9-18(26)15-25-16-22-20-11-4-5-12-21(20)23(28)27(24(22)29)17-8-6-10-19(14-17)30-2/h4-6,8,10-12,14,16,18,29H,3,7,9,13,15H2,1-2H3/t18-/m1/s1. The van der Waals surface area contributed by atoms with Crippen molar-refractivity contribution >= 4 is 17.0 Å². The van der Waals surface area contributed by atoms with Crippen LogP contribution < -0.4 is 10.3 Å². The Labute approximate surface area is 176 Å². The van der Waals surface area contributed by atoms with Crippen molar-refractivity contribution in [2.24, 2.45) is 4.99 Å². The highest BCUT2D eigenvalue weighted by Gasteiger charge is 2.22. The van der Waals surface area contributed by atoms with Crippen LogP contribution in [0, 0.1) is 0 Å². The molecule has 1 N–H and O–H groups in total. The van der Waals surface area contributed by atoms with Crippen molar-refractivity contribution in [1.82, 2.24) is 9.47 Å². The minimum atomic E-state index is -0.276. The van der Waals surface area contributed by atoms with Gasteiger partial charge in [-0.25, -0.2) is 4.57 Å².